The molecule has 2 aromatic heterocycles. The maximum atomic E-state index is 12.6. The van der Waals surface area contributed by atoms with Crippen molar-refractivity contribution in [3.8, 4) is 5.69 Å². The molecule has 0 spiro atoms. The van der Waals surface area contributed by atoms with Crippen LogP contribution in [0.3, 0.4) is 0 Å². The Morgan fingerprint density at radius 2 is 1.88 bits per heavy atom. The number of rotatable bonds is 6. The Morgan fingerprint density at radius 3 is 2.50 bits per heavy atom. The Labute approximate surface area is 164 Å². The third kappa shape index (κ3) is 3.60. The average Bonchev–Trinajstić information content (AvgIpc) is 2.93. The highest BCUT2D eigenvalue weighted by Crippen LogP contribution is 2.33. The van der Waals surface area contributed by atoms with Crippen LogP contribution in [-0.4, -0.2) is 31.5 Å². The van der Waals surface area contributed by atoms with E-state index in [2.05, 4.69) is 15.1 Å². The summed E-state index contributed by atoms with van der Waals surface area (Å²) in [7, 11) is 0. The number of aliphatic hydroxyl groups is 1. The lowest BCUT2D eigenvalue weighted by Gasteiger charge is -2.09. The molecule has 1 aromatic carbocycles. The van der Waals surface area contributed by atoms with Crippen molar-refractivity contribution >= 4 is 45.8 Å². The van der Waals surface area contributed by atoms with E-state index in [-0.39, 0.29) is 12.2 Å². The van der Waals surface area contributed by atoms with E-state index in [9.17, 15) is 4.79 Å². The molecule has 0 radical (unpaired) electrons. The van der Waals surface area contributed by atoms with Crippen molar-refractivity contribution in [2.75, 3.05) is 6.61 Å². The summed E-state index contributed by atoms with van der Waals surface area (Å²) >= 11 is 18.7. The van der Waals surface area contributed by atoms with E-state index in [0.717, 1.165) is 0 Å². The predicted octanol–water partition coefficient (Wildman–Crippen LogP) is 3.95. The number of halogens is 3. The van der Waals surface area contributed by atoms with Gasteiger partial charge in [-0.15, -0.1) is 0 Å². The van der Waals surface area contributed by atoms with Crippen LogP contribution in [0.1, 0.15) is 31.3 Å². The van der Waals surface area contributed by atoms with Crippen LogP contribution in [-0.2, 0) is 12.8 Å². The molecule has 2 N–H and O–H groups in total. The number of nitrogens with zero attached hydrogens (tertiary/aromatic N) is 3. The van der Waals surface area contributed by atoms with Gasteiger partial charge in [0.1, 0.15) is 16.9 Å². The molecule has 0 aliphatic rings. The second kappa shape index (κ2) is 7.96. The van der Waals surface area contributed by atoms with Gasteiger partial charge in [-0.25, -0.2) is 9.67 Å². The van der Waals surface area contributed by atoms with Crippen LogP contribution in [0.15, 0.2) is 16.9 Å². The number of nitrogens with one attached hydrogen (secondary N) is 1. The zero-order chi connectivity index (χ0) is 18.8. The minimum absolute atomic E-state index is 0.0976. The number of aromatic amines is 1. The summed E-state index contributed by atoms with van der Waals surface area (Å²) in [6.45, 7) is 2.01. The first-order chi connectivity index (χ1) is 12.5. The molecule has 0 atom stereocenters. The van der Waals surface area contributed by atoms with Gasteiger partial charge in [-0.3, -0.25) is 4.79 Å². The molecule has 0 bridgehead atoms. The molecule has 6 nitrogen and oxygen atoms in total. The van der Waals surface area contributed by atoms with Crippen LogP contribution in [0, 0.1) is 0 Å². The van der Waals surface area contributed by atoms with Crippen LogP contribution in [0.4, 0.5) is 0 Å². The van der Waals surface area contributed by atoms with Gasteiger partial charge in [-0.05, 0) is 31.4 Å². The summed E-state index contributed by atoms with van der Waals surface area (Å²) in [5, 5.41) is 14.9. The highest BCUT2D eigenvalue weighted by molar-refractivity contribution is 6.40. The van der Waals surface area contributed by atoms with Gasteiger partial charge >= 0.3 is 0 Å². The molecule has 0 aliphatic carbocycles. The van der Waals surface area contributed by atoms with Gasteiger partial charge in [0, 0.05) is 18.1 Å². The van der Waals surface area contributed by atoms with Gasteiger partial charge in [-0.1, -0.05) is 41.7 Å². The van der Waals surface area contributed by atoms with Gasteiger partial charge < -0.3 is 10.1 Å². The molecule has 0 amide bonds. The van der Waals surface area contributed by atoms with Crippen molar-refractivity contribution in [1.29, 1.82) is 0 Å². The number of aliphatic hydroxyl groups excluding tert-OH is 1. The molecule has 0 saturated carbocycles. The molecule has 3 rings (SSSR count). The Morgan fingerprint density at radius 1 is 1.19 bits per heavy atom. The number of H-pyrrole nitrogens is 1. The van der Waals surface area contributed by atoms with Crippen molar-refractivity contribution < 1.29 is 5.11 Å². The number of unbranched alkanes of at least 4 members (excludes halogenated alkanes) is 1. The zero-order valence-electron chi connectivity index (χ0n) is 14.0. The van der Waals surface area contributed by atoms with Crippen molar-refractivity contribution in [3.05, 3.63) is 49.1 Å². The average molecular weight is 416 g/mol. The van der Waals surface area contributed by atoms with E-state index in [0.29, 0.717) is 69.0 Å². The van der Waals surface area contributed by atoms with Crippen LogP contribution >= 0.6 is 34.8 Å². The smallest absolute Gasteiger partial charge is 0.262 e. The van der Waals surface area contributed by atoms with Crippen LogP contribution in [0.5, 0.6) is 0 Å². The molecule has 0 unspecified atom stereocenters. The number of aryl methyl sites for hydroxylation is 2. The standard InChI is InChI=1S/C17H17Cl3N4O2/c1-2-12-14-16(21-13(22-17(14)26)5-3-4-6-25)24(23-12)15-10(19)7-9(18)8-11(15)20/h7-8,25H,2-6H2,1H3,(H,21,22,26). The second-order valence-corrected chi connectivity index (χ2v) is 7.07. The van der Waals surface area contributed by atoms with Gasteiger partial charge in [0.2, 0.25) is 0 Å². The third-order valence-corrected chi connectivity index (χ3v) is 4.80. The molecule has 3 aromatic rings. The maximum Gasteiger partial charge on any atom is 0.262 e. The van der Waals surface area contributed by atoms with E-state index in [4.69, 9.17) is 39.9 Å². The van der Waals surface area contributed by atoms with Gasteiger partial charge in [0.15, 0.2) is 5.65 Å². The van der Waals surface area contributed by atoms with Gasteiger partial charge in [0.05, 0.1) is 15.7 Å². The van der Waals surface area contributed by atoms with Crippen LogP contribution < -0.4 is 5.56 Å². The summed E-state index contributed by atoms with van der Waals surface area (Å²) in [6, 6.07) is 3.14. The van der Waals surface area contributed by atoms with Crippen molar-refractivity contribution in [2.24, 2.45) is 0 Å². The minimum Gasteiger partial charge on any atom is -0.396 e. The summed E-state index contributed by atoms with van der Waals surface area (Å²) in [4.78, 5) is 20.0. The quantitative estimate of drug-likeness (QED) is 0.597. The zero-order valence-corrected chi connectivity index (χ0v) is 16.3. The van der Waals surface area contributed by atoms with E-state index >= 15 is 0 Å². The lowest BCUT2D eigenvalue weighted by Crippen LogP contribution is -2.13. The first-order valence-electron chi connectivity index (χ1n) is 8.22. The molecular weight excluding hydrogens is 399 g/mol. The topological polar surface area (TPSA) is 83.8 Å². The minimum atomic E-state index is -0.252. The fourth-order valence-electron chi connectivity index (χ4n) is 2.80. The number of hydrogen-bond acceptors (Lipinski definition) is 4. The largest absolute Gasteiger partial charge is 0.396 e. The maximum absolute atomic E-state index is 12.6. The van der Waals surface area contributed by atoms with E-state index in [1.165, 1.54) is 4.68 Å². The van der Waals surface area contributed by atoms with E-state index in [1.54, 1.807) is 12.1 Å². The molecular formula is C17H17Cl3N4O2. The normalized spacial score (nSPS) is 11.4. The van der Waals surface area contributed by atoms with Gasteiger partial charge in [-0.2, -0.15) is 5.10 Å². The summed E-state index contributed by atoms with van der Waals surface area (Å²) in [5.41, 5.74) is 1.19. The van der Waals surface area contributed by atoms with Crippen LogP contribution in [0.2, 0.25) is 15.1 Å². The first kappa shape index (κ1) is 19.2. The number of hydrogen-bond donors (Lipinski definition) is 2. The Hall–Kier alpha value is -1.60. The Bertz CT molecular complexity index is 990. The van der Waals surface area contributed by atoms with E-state index in [1.807, 2.05) is 6.92 Å². The highest BCUT2D eigenvalue weighted by Gasteiger charge is 2.20. The molecule has 9 heteroatoms. The van der Waals surface area contributed by atoms with Crippen molar-refractivity contribution in [2.45, 2.75) is 32.6 Å². The predicted molar refractivity (Wildman–Crippen MR) is 104 cm³/mol. The number of benzene rings is 1. The molecule has 26 heavy (non-hydrogen) atoms. The number of aromatic nitrogens is 4. The molecule has 2 heterocycles. The van der Waals surface area contributed by atoms with Crippen LogP contribution in [0.25, 0.3) is 16.7 Å². The van der Waals surface area contributed by atoms with E-state index < -0.39 is 0 Å². The third-order valence-electron chi connectivity index (χ3n) is 4.01. The Balaban J connectivity index is 2.24. The van der Waals surface area contributed by atoms with Gasteiger partial charge in [0.25, 0.3) is 5.56 Å². The van der Waals surface area contributed by atoms with Crippen molar-refractivity contribution in [3.63, 3.8) is 0 Å². The summed E-state index contributed by atoms with van der Waals surface area (Å²) in [6.07, 6.45) is 2.44. The lowest BCUT2D eigenvalue weighted by molar-refractivity contribution is 0.284. The fraction of sp³-hybridized carbons (Fsp3) is 0.353. The second-order valence-electron chi connectivity index (χ2n) is 5.82. The van der Waals surface area contributed by atoms with Crippen molar-refractivity contribution in [1.82, 2.24) is 19.7 Å². The highest BCUT2D eigenvalue weighted by atomic mass is 35.5. The molecule has 0 saturated heterocycles. The monoisotopic (exact) mass is 414 g/mol. The molecule has 0 fully saturated rings. The SMILES string of the molecule is CCc1nn(-c2c(Cl)cc(Cl)cc2Cl)c2nc(CCCCO)[nH]c(=O)c12. The number of fused-ring (bicyclic) bond motifs is 1. The Kier molecular flexibility index (Phi) is 5.87. The first-order valence-corrected chi connectivity index (χ1v) is 9.36. The molecule has 138 valence electrons. The summed E-state index contributed by atoms with van der Waals surface area (Å²) in [5.74, 6) is 0.529. The molecule has 0 aliphatic heterocycles. The fourth-order valence-corrected chi connectivity index (χ4v) is 3.78. The summed E-state index contributed by atoms with van der Waals surface area (Å²) < 4.78 is 1.50. The lowest BCUT2D eigenvalue weighted by atomic mass is 10.2.